The SMILES string of the molecule is O=C(COC(=O)C12C[C@@H]3C[C@@H](CC(O)(C3)C1)C2)NNC(=O)c1ccc(Cl)cc1. The number of carbonyl (C=O) groups is 3. The second-order valence-corrected chi connectivity index (χ2v) is 8.99. The van der Waals surface area contributed by atoms with Crippen molar-refractivity contribution in [1.29, 1.82) is 0 Å². The van der Waals surface area contributed by atoms with E-state index < -0.39 is 35.4 Å². The van der Waals surface area contributed by atoms with Gasteiger partial charge in [0.15, 0.2) is 6.61 Å². The Morgan fingerprint density at radius 1 is 1.07 bits per heavy atom. The lowest BCUT2D eigenvalue weighted by molar-refractivity contribution is -0.196. The minimum Gasteiger partial charge on any atom is -0.455 e. The highest BCUT2D eigenvalue weighted by Gasteiger charge is 2.60. The molecule has 4 saturated carbocycles. The summed E-state index contributed by atoms with van der Waals surface area (Å²) >= 11 is 5.77. The smallest absolute Gasteiger partial charge is 0.312 e. The van der Waals surface area contributed by atoms with Crippen molar-refractivity contribution >= 4 is 29.4 Å². The average molecular weight is 407 g/mol. The van der Waals surface area contributed by atoms with Gasteiger partial charge in [-0.15, -0.1) is 0 Å². The van der Waals surface area contributed by atoms with E-state index >= 15 is 0 Å². The molecule has 28 heavy (non-hydrogen) atoms. The van der Waals surface area contributed by atoms with Crippen LogP contribution in [-0.2, 0) is 14.3 Å². The molecular formula is C20H23ClN2O5. The molecule has 1 aromatic rings. The molecule has 0 radical (unpaired) electrons. The number of esters is 1. The average Bonchev–Trinajstić information content (AvgIpc) is 2.62. The molecule has 2 unspecified atom stereocenters. The predicted octanol–water partition coefficient (Wildman–Crippen LogP) is 1.98. The molecule has 0 spiro atoms. The highest BCUT2D eigenvalue weighted by molar-refractivity contribution is 6.30. The number of amides is 2. The number of nitrogens with one attached hydrogen (secondary N) is 2. The first-order valence-corrected chi connectivity index (χ1v) is 9.89. The Kier molecular flexibility index (Phi) is 4.83. The van der Waals surface area contributed by atoms with Gasteiger partial charge in [0, 0.05) is 10.6 Å². The maximum Gasteiger partial charge on any atom is 0.312 e. The molecule has 0 aliphatic heterocycles. The van der Waals surface area contributed by atoms with E-state index in [1.165, 1.54) is 12.1 Å². The molecule has 4 aliphatic rings. The van der Waals surface area contributed by atoms with Crippen molar-refractivity contribution in [2.24, 2.45) is 17.3 Å². The molecule has 150 valence electrons. The fraction of sp³-hybridized carbons (Fsp3) is 0.550. The Bertz CT molecular complexity index is 795. The van der Waals surface area contributed by atoms with Crippen molar-refractivity contribution in [3.05, 3.63) is 34.9 Å². The van der Waals surface area contributed by atoms with Crippen molar-refractivity contribution in [3.8, 4) is 0 Å². The molecule has 3 N–H and O–H groups in total. The van der Waals surface area contributed by atoms with Gasteiger partial charge < -0.3 is 9.84 Å². The number of hydrogen-bond acceptors (Lipinski definition) is 5. The lowest BCUT2D eigenvalue weighted by atomic mass is 9.48. The lowest BCUT2D eigenvalue weighted by Gasteiger charge is -2.58. The second-order valence-electron chi connectivity index (χ2n) is 8.55. The van der Waals surface area contributed by atoms with Crippen molar-refractivity contribution in [2.45, 2.75) is 44.1 Å². The summed E-state index contributed by atoms with van der Waals surface area (Å²) in [7, 11) is 0. The molecule has 7 nitrogen and oxygen atoms in total. The monoisotopic (exact) mass is 406 g/mol. The van der Waals surface area contributed by atoms with Gasteiger partial charge in [0.25, 0.3) is 11.8 Å². The molecule has 5 rings (SSSR count). The molecule has 4 bridgehead atoms. The van der Waals surface area contributed by atoms with Gasteiger partial charge in [0.1, 0.15) is 0 Å². The Labute approximate surface area is 167 Å². The summed E-state index contributed by atoms with van der Waals surface area (Å²) in [5.41, 5.74) is 3.40. The zero-order chi connectivity index (χ0) is 19.9. The van der Waals surface area contributed by atoms with Gasteiger partial charge >= 0.3 is 5.97 Å². The van der Waals surface area contributed by atoms with E-state index in [9.17, 15) is 19.5 Å². The summed E-state index contributed by atoms with van der Waals surface area (Å²) in [6.07, 6.45) is 4.44. The van der Waals surface area contributed by atoms with Crippen LogP contribution in [0.2, 0.25) is 5.02 Å². The van der Waals surface area contributed by atoms with Gasteiger partial charge in [-0.05, 0) is 74.6 Å². The van der Waals surface area contributed by atoms with Gasteiger partial charge in [0.2, 0.25) is 0 Å². The first kappa shape index (κ1) is 19.2. The third-order valence-electron chi connectivity index (χ3n) is 6.22. The highest BCUT2D eigenvalue weighted by atomic mass is 35.5. The molecule has 4 atom stereocenters. The number of hydrogen-bond donors (Lipinski definition) is 3. The van der Waals surface area contributed by atoms with Gasteiger partial charge in [-0.2, -0.15) is 0 Å². The minimum absolute atomic E-state index is 0.337. The van der Waals surface area contributed by atoms with Crippen molar-refractivity contribution in [3.63, 3.8) is 0 Å². The van der Waals surface area contributed by atoms with Crippen LogP contribution in [0.5, 0.6) is 0 Å². The van der Waals surface area contributed by atoms with E-state index in [1.807, 2.05) is 0 Å². The molecule has 0 heterocycles. The number of aliphatic hydroxyl groups is 1. The zero-order valence-electron chi connectivity index (χ0n) is 15.4. The fourth-order valence-electron chi connectivity index (χ4n) is 5.57. The molecule has 0 aromatic heterocycles. The molecule has 4 fully saturated rings. The van der Waals surface area contributed by atoms with Gasteiger partial charge in [-0.25, -0.2) is 0 Å². The Morgan fingerprint density at radius 2 is 1.71 bits per heavy atom. The molecule has 2 amide bonds. The summed E-state index contributed by atoms with van der Waals surface area (Å²) in [5.74, 6) is -0.837. The van der Waals surface area contributed by atoms with Crippen LogP contribution in [0.1, 0.15) is 48.9 Å². The Morgan fingerprint density at radius 3 is 2.32 bits per heavy atom. The number of halogens is 1. The van der Waals surface area contributed by atoms with E-state index in [2.05, 4.69) is 10.9 Å². The van der Waals surface area contributed by atoms with Crippen molar-refractivity contribution in [1.82, 2.24) is 10.9 Å². The van der Waals surface area contributed by atoms with Crippen LogP contribution in [-0.4, -0.2) is 35.1 Å². The predicted molar refractivity (Wildman–Crippen MR) is 100 cm³/mol. The van der Waals surface area contributed by atoms with E-state index in [0.717, 1.165) is 32.1 Å². The number of carbonyl (C=O) groups excluding carboxylic acids is 3. The summed E-state index contributed by atoms with van der Waals surface area (Å²) in [5, 5.41) is 11.2. The molecular weight excluding hydrogens is 384 g/mol. The van der Waals surface area contributed by atoms with Crippen LogP contribution in [0.3, 0.4) is 0 Å². The van der Waals surface area contributed by atoms with Crippen LogP contribution in [0.25, 0.3) is 0 Å². The summed E-state index contributed by atoms with van der Waals surface area (Å²) < 4.78 is 5.26. The third kappa shape index (κ3) is 3.73. The summed E-state index contributed by atoms with van der Waals surface area (Å²) in [4.78, 5) is 36.6. The van der Waals surface area contributed by atoms with Crippen molar-refractivity contribution < 1.29 is 24.2 Å². The number of ether oxygens (including phenoxy) is 1. The Balaban J connectivity index is 1.27. The standard InChI is InChI=1S/C20H23ClN2O5/c21-15-3-1-14(2-4-15)17(25)23-22-16(24)10-28-18(26)19-6-12-5-13(7-19)9-20(27,8-12)11-19/h1-4,12-13,27H,5-11H2,(H,22,24)(H,23,25)/t12-,13+,19?,20?. The van der Waals surface area contributed by atoms with Crippen LogP contribution < -0.4 is 10.9 Å². The van der Waals surface area contributed by atoms with Gasteiger partial charge in [-0.1, -0.05) is 11.6 Å². The normalized spacial score (nSPS) is 32.6. The number of benzene rings is 1. The molecule has 1 aromatic carbocycles. The van der Waals surface area contributed by atoms with Gasteiger partial charge in [0.05, 0.1) is 11.0 Å². The first-order chi connectivity index (χ1) is 13.3. The quantitative estimate of drug-likeness (QED) is 0.523. The second kappa shape index (κ2) is 7.04. The van der Waals surface area contributed by atoms with Crippen LogP contribution in [0, 0.1) is 17.3 Å². The molecule has 0 saturated heterocycles. The van der Waals surface area contributed by atoms with E-state index in [-0.39, 0.29) is 0 Å². The summed E-state index contributed by atoms with van der Waals surface area (Å²) in [6, 6.07) is 6.20. The molecule has 8 heteroatoms. The lowest BCUT2D eigenvalue weighted by Crippen LogP contribution is -2.58. The topological polar surface area (TPSA) is 105 Å². The third-order valence-corrected chi connectivity index (χ3v) is 6.47. The highest BCUT2D eigenvalue weighted by Crippen LogP contribution is 2.61. The van der Waals surface area contributed by atoms with Crippen LogP contribution in [0.4, 0.5) is 0 Å². The Hall–Kier alpha value is -2.12. The maximum atomic E-state index is 12.7. The fourth-order valence-corrected chi connectivity index (χ4v) is 5.70. The van der Waals surface area contributed by atoms with E-state index in [4.69, 9.17) is 16.3 Å². The first-order valence-electron chi connectivity index (χ1n) is 9.51. The number of hydrazine groups is 1. The van der Waals surface area contributed by atoms with E-state index in [0.29, 0.717) is 28.8 Å². The van der Waals surface area contributed by atoms with Crippen molar-refractivity contribution in [2.75, 3.05) is 6.61 Å². The molecule has 4 aliphatic carbocycles. The van der Waals surface area contributed by atoms with Gasteiger partial charge in [-0.3, -0.25) is 25.2 Å². The largest absolute Gasteiger partial charge is 0.455 e. The minimum atomic E-state index is -0.766. The number of rotatable bonds is 4. The maximum absolute atomic E-state index is 12.7. The zero-order valence-corrected chi connectivity index (χ0v) is 16.1. The summed E-state index contributed by atoms with van der Waals surface area (Å²) in [6.45, 7) is -0.477. The van der Waals surface area contributed by atoms with Crippen LogP contribution in [0.15, 0.2) is 24.3 Å². The van der Waals surface area contributed by atoms with E-state index in [1.54, 1.807) is 12.1 Å². The van der Waals surface area contributed by atoms with Crippen LogP contribution >= 0.6 is 11.6 Å².